The average Bonchev–Trinajstić information content (AvgIpc) is 2.59. The standard InChI is InChI=1S/C11H12ClNO/c1-3-4-9(7-13)11(12)10-5-6-14-8(10)2/h5-6H,3-4H2,1-2H3. The Bertz CT molecular complexity index is 384. The van der Waals surface area contributed by atoms with E-state index in [9.17, 15) is 0 Å². The molecule has 74 valence electrons. The van der Waals surface area contributed by atoms with Crippen LogP contribution in [0, 0.1) is 18.3 Å². The van der Waals surface area contributed by atoms with E-state index >= 15 is 0 Å². The fourth-order valence-electron chi connectivity index (χ4n) is 1.24. The van der Waals surface area contributed by atoms with Crippen LogP contribution >= 0.6 is 11.6 Å². The molecule has 0 atom stereocenters. The molecule has 0 aliphatic rings. The van der Waals surface area contributed by atoms with Gasteiger partial charge in [0.2, 0.25) is 0 Å². The molecule has 0 aliphatic carbocycles. The summed E-state index contributed by atoms with van der Waals surface area (Å²) in [4.78, 5) is 0. The number of furan rings is 1. The molecular formula is C11H12ClNO. The molecule has 0 aliphatic heterocycles. The zero-order valence-electron chi connectivity index (χ0n) is 8.30. The van der Waals surface area contributed by atoms with Crippen molar-refractivity contribution in [2.75, 3.05) is 0 Å². The van der Waals surface area contributed by atoms with E-state index in [1.54, 1.807) is 12.3 Å². The normalized spacial score (nSPS) is 12.1. The largest absolute Gasteiger partial charge is 0.469 e. The Kier molecular flexibility index (Phi) is 3.79. The SMILES string of the molecule is CCCC(C#N)=C(Cl)c1ccoc1C. The number of rotatable bonds is 3. The predicted molar refractivity (Wildman–Crippen MR) is 56.7 cm³/mol. The number of nitrogens with zero attached hydrogens (tertiary/aromatic N) is 1. The topological polar surface area (TPSA) is 36.9 Å². The van der Waals surface area contributed by atoms with Gasteiger partial charge in [-0.15, -0.1) is 0 Å². The first kappa shape index (κ1) is 10.9. The van der Waals surface area contributed by atoms with Crippen molar-refractivity contribution in [3.05, 3.63) is 29.2 Å². The van der Waals surface area contributed by atoms with E-state index in [0.717, 1.165) is 17.7 Å². The van der Waals surface area contributed by atoms with Crippen LogP contribution in [0.1, 0.15) is 31.1 Å². The first-order valence-electron chi connectivity index (χ1n) is 4.54. The number of aryl methyl sites for hydroxylation is 1. The van der Waals surface area contributed by atoms with Crippen molar-refractivity contribution in [1.82, 2.24) is 0 Å². The van der Waals surface area contributed by atoms with Crippen molar-refractivity contribution in [1.29, 1.82) is 5.26 Å². The minimum Gasteiger partial charge on any atom is -0.469 e. The third kappa shape index (κ3) is 2.18. The molecule has 0 fully saturated rings. The van der Waals surface area contributed by atoms with E-state index in [2.05, 4.69) is 6.07 Å². The van der Waals surface area contributed by atoms with Crippen LogP contribution in [0.5, 0.6) is 0 Å². The van der Waals surface area contributed by atoms with E-state index < -0.39 is 0 Å². The zero-order valence-corrected chi connectivity index (χ0v) is 9.06. The summed E-state index contributed by atoms with van der Waals surface area (Å²) in [5, 5.41) is 9.41. The summed E-state index contributed by atoms with van der Waals surface area (Å²) >= 11 is 6.09. The quantitative estimate of drug-likeness (QED) is 0.709. The molecule has 0 spiro atoms. The molecule has 3 heteroatoms. The van der Waals surface area contributed by atoms with Gasteiger partial charge in [-0.3, -0.25) is 0 Å². The third-order valence-electron chi connectivity index (χ3n) is 2.00. The molecule has 14 heavy (non-hydrogen) atoms. The van der Waals surface area contributed by atoms with Crippen LogP contribution in [0.3, 0.4) is 0 Å². The van der Waals surface area contributed by atoms with Gasteiger partial charge in [0.25, 0.3) is 0 Å². The maximum absolute atomic E-state index is 8.89. The Hall–Kier alpha value is -1.20. The van der Waals surface area contributed by atoms with E-state index in [1.165, 1.54) is 0 Å². The van der Waals surface area contributed by atoms with Gasteiger partial charge in [0, 0.05) is 11.1 Å². The van der Waals surface area contributed by atoms with Gasteiger partial charge in [-0.25, -0.2) is 0 Å². The number of hydrogen-bond acceptors (Lipinski definition) is 2. The highest BCUT2D eigenvalue weighted by Crippen LogP contribution is 2.28. The van der Waals surface area contributed by atoms with Crippen molar-refractivity contribution < 1.29 is 4.42 Å². The van der Waals surface area contributed by atoms with Crippen LogP contribution in [0.4, 0.5) is 0 Å². The van der Waals surface area contributed by atoms with Gasteiger partial charge in [-0.2, -0.15) is 5.26 Å². The lowest BCUT2D eigenvalue weighted by Gasteiger charge is -2.00. The van der Waals surface area contributed by atoms with E-state index in [4.69, 9.17) is 21.3 Å². The Morgan fingerprint density at radius 1 is 1.64 bits per heavy atom. The molecule has 1 aromatic heterocycles. The fourth-order valence-corrected chi connectivity index (χ4v) is 1.57. The first-order chi connectivity index (χ1) is 6.70. The summed E-state index contributed by atoms with van der Waals surface area (Å²) in [6.07, 6.45) is 3.20. The van der Waals surface area contributed by atoms with Gasteiger partial charge in [-0.05, 0) is 19.4 Å². The molecule has 0 aromatic carbocycles. The number of halogens is 1. The molecule has 0 saturated carbocycles. The second-order valence-electron chi connectivity index (χ2n) is 3.04. The van der Waals surface area contributed by atoms with Crippen molar-refractivity contribution in [2.45, 2.75) is 26.7 Å². The lowest BCUT2D eigenvalue weighted by molar-refractivity contribution is 0.533. The summed E-state index contributed by atoms with van der Waals surface area (Å²) in [6.45, 7) is 3.85. The van der Waals surface area contributed by atoms with Gasteiger partial charge >= 0.3 is 0 Å². The first-order valence-corrected chi connectivity index (χ1v) is 4.91. The third-order valence-corrected chi connectivity index (χ3v) is 2.43. The zero-order chi connectivity index (χ0) is 10.6. The van der Waals surface area contributed by atoms with Gasteiger partial charge < -0.3 is 4.42 Å². The van der Waals surface area contributed by atoms with Crippen LogP contribution in [0.2, 0.25) is 0 Å². The molecule has 0 radical (unpaired) electrons. The van der Waals surface area contributed by atoms with Crippen molar-refractivity contribution in [3.63, 3.8) is 0 Å². The Labute approximate surface area is 88.8 Å². The van der Waals surface area contributed by atoms with Crippen molar-refractivity contribution in [3.8, 4) is 6.07 Å². The highest BCUT2D eigenvalue weighted by Gasteiger charge is 2.10. The molecule has 1 heterocycles. The maximum atomic E-state index is 8.89. The van der Waals surface area contributed by atoms with Crippen molar-refractivity contribution >= 4 is 16.6 Å². The van der Waals surface area contributed by atoms with Gasteiger partial charge in [-0.1, -0.05) is 24.9 Å². The van der Waals surface area contributed by atoms with Crippen LogP contribution in [0.25, 0.3) is 5.03 Å². The summed E-state index contributed by atoms with van der Waals surface area (Å²) in [7, 11) is 0. The molecule has 2 nitrogen and oxygen atoms in total. The molecule has 1 aromatic rings. The fraction of sp³-hybridized carbons (Fsp3) is 0.364. The second kappa shape index (κ2) is 4.88. The number of allylic oxidation sites excluding steroid dienone is 1. The number of nitriles is 1. The molecule has 0 amide bonds. The van der Waals surface area contributed by atoms with Crippen LogP contribution in [-0.4, -0.2) is 0 Å². The number of hydrogen-bond donors (Lipinski definition) is 0. The van der Waals surface area contributed by atoms with Gasteiger partial charge in [0.1, 0.15) is 5.76 Å². The summed E-state index contributed by atoms with van der Waals surface area (Å²) in [5.74, 6) is 0.749. The van der Waals surface area contributed by atoms with Crippen LogP contribution in [0.15, 0.2) is 22.3 Å². The molecule has 1 rings (SSSR count). The van der Waals surface area contributed by atoms with E-state index in [-0.39, 0.29) is 0 Å². The van der Waals surface area contributed by atoms with Crippen LogP contribution in [-0.2, 0) is 0 Å². The second-order valence-corrected chi connectivity index (χ2v) is 3.42. The Balaban J connectivity index is 3.09. The average molecular weight is 210 g/mol. The summed E-state index contributed by atoms with van der Waals surface area (Å²) in [5.41, 5.74) is 1.44. The lowest BCUT2D eigenvalue weighted by atomic mass is 10.1. The maximum Gasteiger partial charge on any atom is 0.109 e. The van der Waals surface area contributed by atoms with Crippen LogP contribution < -0.4 is 0 Å². The smallest absolute Gasteiger partial charge is 0.109 e. The minimum atomic E-state index is 0.514. The molecule has 0 saturated heterocycles. The summed E-state index contributed by atoms with van der Waals surface area (Å²) in [6, 6.07) is 3.91. The molecule has 0 N–H and O–H groups in total. The molecule has 0 unspecified atom stereocenters. The van der Waals surface area contributed by atoms with Gasteiger partial charge in [0.15, 0.2) is 0 Å². The lowest BCUT2D eigenvalue weighted by Crippen LogP contribution is -1.85. The summed E-state index contributed by atoms with van der Waals surface area (Å²) < 4.78 is 5.13. The molecule has 0 bridgehead atoms. The predicted octanol–water partition coefficient (Wildman–Crippen LogP) is 3.86. The Morgan fingerprint density at radius 3 is 2.79 bits per heavy atom. The van der Waals surface area contributed by atoms with Crippen molar-refractivity contribution in [2.24, 2.45) is 0 Å². The molecular weight excluding hydrogens is 198 g/mol. The highest BCUT2D eigenvalue weighted by molar-refractivity contribution is 6.49. The van der Waals surface area contributed by atoms with E-state index in [0.29, 0.717) is 17.0 Å². The van der Waals surface area contributed by atoms with Gasteiger partial charge in [0.05, 0.1) is 17.4 Å². The monoisotopic (exact) mass is 209 g/mol. The van der Waals surface area contributed by atoms with E-state index in [1.807, 2.05) is 13.8 Å². The minimum absolute atomic E-state index is 0.514. The highest BCUT2D eigenvalue weighted by atomic mass is 35.5. The Morgan fingerprint density at radius 2 is 2.36 bits per heavy atom.